The Labute approximate surface area is 56.5 Å². The van der Waals surface area contributed by atoms with E-state index in [-0.39, 0.29) is 0 Å². The minimum absolute atomic E-state index is 1.06. The largest absolute Gasteiger partial charge is 0.313 e. The van der Waals surface area contributed by atoms with Crippen LogP contribution in [0, 0.1) is 0 Å². The Bertz CT molecular complexity index is 117. The molecule has 0 aliphatic carbocycles. The van der Waals surface area contributed by atoms with Gasteiger partial charge < -0.3 is 5.32 Å². The van der Waals surface area contributed by atoms with Gasteiger partial charge in [0.15, 0.2) is 0 Å². The minimum atomic E-state index is 1.06. The van der Waals surface area contributed by atoms with Crippen LogP contribution in [-0.2, 0) is 0 Å². The molecule has 1 aliphatic heterocycles. The maximum Gasteiger partial charge on any atom is 0.0167 e. The first kappa shape index (κ1) is 6.56. The van der Waals surface area contributed by atoms with E-state index in [9.17, 15) is 0 Å². The summed E-state index contributed by atoms with van der Waals surface area (Å²) in [6, 6.07) is 0. The van der Waals surface area contributed by atoms with Gasteiger partial charge in [-0.2, -0.15) is 0 Å². The van der Waals surface area contributed by atoms with Crippen molar-refractivity contribution in [3.8, 4) is 0 Å². The molecule has 1 fully saturated rings. The zero-order chi connectivity index (χ0) is 6.53. The quantitative estimate of drug-likeness (QED) is 0.557. The van der Waals surface area contributed by atoms with Gasteiger partial charge in [-0.05, 0) is 19.4 Å². The first-order chi connectivity index (χ1) is 4.43. The van der Waals surface area contributed by atoms with Crippen molar-refractivity contribution in [3.63, 3.8) is 0 Å². The van der Waals surface area contributed by atoms with Gasteiger partial charge >= 0.3 is 0 Å². The van der Waals surface area contributed by atoms with E-state index in [1.165, 1.54) is 25.0 Å². The molecule has 1 rings (SSSR count). The van der Waals surface area contributed by atoms with Crippen molar-refractivity contribution in [1.29, 1.82) is 0 Å². The molecule has 0 radical (unpaired) electrons. The molecule has 1 aliphatic rings. The van der Waals surface area contributed by atoms with Crippen molar-refractivity contribution in [2.75, 3.05) is 13.1 Å². The highest BCUT2D eigenvalue weighted by Crippen LogP contribution is 2.07. The molecule has 1 nitrogen and oxygen atoms in total. The van der Waals surface area contributed by atoms with Crippen molar-refractivity contribution in [1.82, 2.24) is 5.32 Å². The fourth-order valence-electron chi connectivity index (χ4n) is 1.09. The summed E-state index contributed by atoms with van der Waals surface area (Å²) in [5.74, 6) is 0. The summed E-state index contributed by atoms with van der Waals surface area (Å²) in [7, 11) is 0. The maximum absolute atomic E-state index is 3.65. The van der Waals surface area contributed by atoms with Gasteiger partial charge in [0.2, 0.25) is 0 Å². The third kappa shape index (κ3) is 2.02. The molecule has 0 bridgehead atoms. The second-order valence-corrected chi connectivity index (χ2v) is 2.34. The molecule has 0 aromatic heterocycles. The molecule has 0 atom stereocenters. The fourth-order valence-corrected chi connectivity index (χ4v) is 1.09. The highest BCUT2D eigenvalue weighted by Gasteiger charge is 2.01. The van der Waals surface area contributed by atoms with Gasteiger partial charge in [0, 0.05) is 6.54 Å². The molecule has 1 heterocycles. The van der Waals surface area contributed by atoms with Crippen molar-refractivity contribution in [2.45, 2.75) is 12.8 Å². The van der Waals surface area contributed by atoms with Crippen LogP contribution >= 0.6 is 0 Å². The Hall–Kier alpha value is -0.560. The van der Waals surface area contributed by atoms with Gasteiger partial charge in [0.25, 0.3) is 0 Å². The molecule has 0 amide bonds. The van der Waals surface area contributed by atoms with Crippen molar-refractivity contribution < 1.29 is 0 Å². The predicted molar refractivity (Wildman–Crippen MR) is 40.4 cm³/mol. The van der Waals surface area contributed by atoms with Crippen LogP contribution in [0.5, 0.6) is 0 Å². The van der Waals surface area contributed by atoms with Crippen LogP contribution in [0.25, 0.3) is 0 Å². The van der Waals surface area contributed by atoms with Gasteiger partial charge in [-0.15, -0.1) is 0 Å². The lowest BCUT2D eigenvalue weighted by atomic mass is 10.1. The fraction of sp³-hybridized carbons (Fsp3) is 0.500. The summed E-state index contributed by atoms with van der Waals surface area (Å²) < 4.78 is 0. The van der Waals surface area contributed by atoms with Crippen molar-refractivity contribution in [3.05, 3.63) is 24.3 Å². The monoisotopic (exact) mass is 123 g/mol. The molecule has 0 aromatic carbocycles. The molecule has 50 valence electrons. The zero-order valence-electron chi connectivity index (χ0n) is 5.69. The Morgan fingerprint density at radius 1 is 1.56 bits per heavy atom. The zero-order valence-corrected chi connectivity index (χ0v) is 5.69. The summed E-state index contributed by atoms with van der Waals surface area (Å²) in [6.45, 7) is 5.89. The molecule has 9 heavy (non-hydrogen) atoms. The number of hydrogen-bond acceptors (Lipinski definition) is 1. The highest BCUT2D eigenvalue weighted by atomic mass is 14.9. The van der Waals surface area contributed by atoms with E-state index >= 15 is 0 Å². The van der Waals surface area contributed by atoms with Gasteiger partial charge in [-0.25, -0.2) is 0 Å². The first-order valence-corrected chi connectivity index (χ1v) is 3.44. The third-order valence-corrected chi connectivity index (χ3v) is 1.56. The summed E-state index contributed by atoms with van der Waals surface area (Å²) in [4.78, 5) is 0. The van der Waals surface area contributed by atoms with Crippen LogP contribution in [-0.4, -0.2) is 13.1 Å². The molecule has 1 heteroatoms. The number of piperidine rings is 1. The Balaban J connectivity index is 2.39. The molecule has 1 saturated heterocycles. The van der Waals surface area contributed by atoms with Crippen LogP contribution in [0.3, 0.4) is 0 Å². The van der Waals surface area contributed by atoms with Crippen LogP contribution in [0.4, 0.5) is 0 Å². The Morgan fingerprint density at radius 3 is 3.00 bits per heavy atom. The van der Waals surface area contributed by atoms with Crippen LogP contribution in [0.15, 0.2) is 24.3 Å². The van der Waals surface area contributed by atoms with E-state index in [0.29, 0.717) is 0 Å². The molecule has 1 N–H and O–H groups in total. The van der Waals surface area contributed by atoms with E-state index in [1.54, 1.807) is 0 Å². The molecule has 0 spiro atoms. The summed E-state index contributed by atoms with van der Waals surface area (Å²) in [5.41, 5.74) is 1.48. The molecule has 0 aromatic rings. The van der Waals surface area contributed by atoms with E-state index in [2.05, 4.69) is 18.0 Å². The van der Waals surface area contributed by atoms with E-state index in [0.717, 1.165) is 6.54 Å². The van der Waals surface area contributed by atoms with Crippen molar-refractivity contribution >= 4 is 0 Å². The smallest absolute Gasteiger partial charge is 0.0167 e. The molecular formula is C8H13N. The first-order valence-electron chi connectivity index (χ1n) is 3.44. The maximum atomic E-state index is 3.65. The topological polar surface area (TPSA) is 12.0 Å². The van der Waals surface area contributed by atoms with E-state index in [4.69, 9.17) is 0 Å². The van der Waals surface area contributed by atoms with Crippen LogP contribution < -0.4 is 5.32 Å². The standard InChI is InChI=1S/C8H13N/c1-2-4-8-5-3-6-9-7-8/h2,4,9H,1,3,5-7H2. The average molecular weight is 123 g/mol. The number of hydrogen-bond donors (Lipinski definition) is 1. The van der Waals surface area contributed by atoms with Crippen LogP contribution in [0.2, 0.25) is 0 Å². The lowest BCUT2D eigenvalue weighted by Gasteiger charge is -2.14. The SMILES string of the molecule is C=CC=C1CCCNC1. The number of allylic oxidation sites excluding steroid dienone is 2. The second-order valence-electron chi connectivity index (χ2n) is 2.34. The molecular weight excluding hydrogens is 110 g/mol. The second kappa shape index (κ2) is 3.46. The van der Waals surface area contributed by atoms with E-state index in [1.807, 2.05) is 6.08 Å². The molecule has 0 unspecified atom stereocenters. The average Bonchev–Trinajstić information content (AvgIpc) is 1.91. The number of rotatable bonds is 1. The van der Waals surface area contributed by atoms with Crippen LogP contribution in [0.1, 0.15) is 12.8 Å². The van der Waals surface area contributed by atoms with Crippen molar-refractivity contribution in [2.24, 2.45) is 0 Å². The molecule has 0 saturated carbocycles. The lowest BCUT2D eigenvalue weighted by Crippen LogP contribution is -2.23. The highest BCUT2D eigenvalue weighted by molar-refractivity contribution is 5.13. The Morgan fingerprint density at radius 2 is 2.44 bits per heavy atom. The van der Waals surface area contributed by atoms with Gasteiger partial charge in [0.1, 0.15) is 0 Å². The minimum Gasteiger partial charge on any atom is -0.313 e. The van der Waals surface area contributed by atoms with Gasteiger partial charge in [-0.3, -0.25) is 0 Å². The third-order valence-electron chi connectivity index (χ3n) is 1.56. The number of nitrogens with one attached hydrogen (secondary N) is 1. The van der Waals surface area contributed by atoms with E-state index < -0.39 is 0 Å². The normalized spacial score (nSPS) is 24.2. The summed E-state index contributed by atoms with van der Waals surface area (Å²) >= 11 is 0. The van der Waals surface area contributed by atoms with Gasteiger partial charge in [-0.1, -0.05) is 24.3 Å². The van der Waals surface area contributed by atoms with Gasteiger partial charge in [0.05, 0.1) is 0 Å². The summed E-state index contributed by atoms with van der Waals surface area (Å²) in [5, 5.41) is 3.30. The Kier molecular flexibility index (Phi) is 2.52. The summed E-state index contributed by atoms with van der Waals surface area (Å²) in [6.07, 6.45) is 6.49. The lowest BCUT2D eigenvalue weighted by molar-refractivity contribution is 0.610. The predicted octanol–water partition coefficient (Wildman–Crippen LogP) is 1.48.